The van der Waals surface area contributed by atoms with Crippen LogP contribution < -0.4 is 0 Å². The van der Waals surface area contributed by atoms with Crippen LogP contribution in [0.15, 0.2) is 18.3 Å². The van der Waals surface area contributed by atoms with Crippen LogP contribution in [0.5, 0.6) is 0 Å². The summed E-state index contributed by atoms with van der Waals surface area (Å²) in [6.45, 7) is 0. The van der Waals surface area contributed by atoms with E-state index in [0.717, 1.165) is 12.0 Å². The molecule has 1 aromatic heterocycles. The summed E-state index contributed by atoms with van der Waals surface area (Å²) in [6.07, 6.45) is 16.7. The fourth-order valence-electron chi connectivity index (χ4n) is 3.84. The van der Waals surface area contributed by atoms with Crippen LogP contribution in [-0.2, 0) is 0 Å². The summed E-state index contributed by atoms with van der Waals surface area (Å²) in [4.78, 5) is 0. The number of rotatable bonds is 2. The standard InChI is InChI=1S/C16H25N/c1-3-8-14(9-4-1)16-12-7-13-17(16)15-10-5-2-6-11-15/h7,12-15H,1-6,8-11H2. The van der Waals surface area contributed by atoms with Crippen molar-refractivity contribution < 1.29 is 0 Å². The molecule has 0 unspecified atom stereocenters. The lowest BCUT2D eigenvalue weighted by molar-refractivity contribution is 0.331. The van der Waals surface area contributed by atoms with Gasteiger partial charge in [0.25, 0.3) is 0 Å². The lowest BCUT2D eigenvalue weighted by atomic mass is 9.86. The molecule has 0 radical (unpaired) electrons. The molecule has 2 aliphatic carbocycles. The minimum Gasteiger partial charge on any atom is -0.348 e. The maximum absolute atomic E-state index is 2.63. The van der Waals surface area contributed by atoms with Gasteiger partial charge in [-0.3, -0.25) is 0 Å². The van der Waals surface area contributed by atoms with Crippen molar-refractivity contribution in [2.24, 2.45) is 0 Å². The van der Waals surface area contributed by atoms with Crippen molar-refractivity contribution in [3.05, 3.63) is 24.0 Å². The smallest absolute Gasteiger partial charge is 0.0333 e. The topological polar surface area (TPSA) is 4.93 Å². The fourth-order valence-corrected chi connectivity index (χ4v) is 3.84. The Hall–Kier alpha value is -0.720. The first-order chi connectivity index (χ1) is 8.45. The van der Waals surface area contributed by atoms with Gasteiger partial charge in [-0.25, -0.2) is 0 Å². The van der Waals surface area contributed by atoms with Crippen molar-refractivity contribution in [3.63, 3.8) is 0 Å². The molecular weight excluding hydrogens is 206 g/mol. The summed E-state index contributed by atoms with van der Waals surface area (Å²) in [5.41, 5.74) is 1.65. The molecule has 2 fully saturated rings. The molecule has 94 valence electrons. The summed E-state index contributed by atoms with van der Waals surface area (Å²) in [5, 5.41) is 0. The van der Waals surface area contributed by atoms with Gasteiger partial charge in [0.15, 0.2) is 0 Å². The van der Waals surface area contributed by atoms with Crippen LogP contribution in [0.1, 0.15) is 81.9 Å². The van der Waals surface area contributed by atoms with Crippen LogP contribution in [0.2, 0.25) is 0 Å². The van der Waals surface area contributed by atoms with Crippen LogP contribution in [0.25, 0.3) is 0 Å². The van der Waals surface area contributed by atoms with E-state index in [1.54, 1.807) is 5.69 Å². The van der Waals surface area contributed by atoms with Gasteiger partial charge in [0.2, 0.25) is 0 Å². The van der Waals surface area contributed by atoms with Gasteiger partial charge in [-0.05, 0) is 43.7 Å². The molecular formula is C16H25N. The Kier molecular flexibility index (Phi) is 3.54. The zero-order valence-corrected chi connectivity index (χ0v) is 10.9. The van der Waals surface area contributed by atoms with Gasteiger partial charge in [0.1, 0.15) is 0 Å². The fraction of sp³-hybridized carbons (Fsp3) is 0.750. The first kappa shape index (κ1) is 11.4. The van der Waals surface area contributed by atoms with E-state index in [1.807, 2.05) is 0 Å². The summed E-state index contributed by atoms with van der Waals surface area (Å²) >= 11 is 0. The molecule has 0 N–H and O–H groups in total. The molecule has 0 amide bonds. The van der Waals surface area contributed by atoms with Crippen molar-refractivity contribution in [1.29, 1.82) is 0 Å². The minimum absolute atomic E-state index is 0.815. The predicted octanol–water partition coefficient (Wildman–Crippen LogP) is 5.04. The summed E-state index contributed by atoms with van der Waals surface area (Å²) < 4.78 is 2.63. The molecule has 0 spiro atoms. The van der Waals surface area contributed by atoms with Gasteiger partial charge in [0.05, 0.1) is 0 Å². The second kappa shape index (κ2) is 5.29. The van der Waals surface area contributed by atoms with Crippen LogP contribution in [0.3, 0.4) is 0 Å². The Morgan fingerprint density at radius 3 is 2.18 bits per heavy atom. The highest BCUT2D eigenvalue weighted by Gasteiger charge is 2.22. The van der Waals surface area contributed by atoms with Gasteiger partial charge in [-0.1, -0.05) is 38.5 Å². The van der Waals surface area contributed by atoms with E-state index in [-0.39, 0.29) is 0 Å². The molecule has 3 rings (SSSR count). The van der Waals surface area contributed by atoms with Gasteiger partial charge >= 0.3 is 0 Å². The third kappa shape index (κ3) is 2.43. The number of hydrogen-bond acceptors (Lipinski definition) is 0. The molecule has 0 bridgehead atoms. The Bertz CT molecular complexity index is 308. The Morgan fingerprint density at radius 2 is 1.47 bits per heavy atom. The minimum atomic E-state index is 0.815. The maximum atomic E-state index is 2.63. The Balaban J connectivity index is 1.77. The first-order valence-electron chi connectivity index (χ1n) is 7.62. The monoisotopic (exact) mass is 231 g/mol. The molecule has 17 heavy (non-hydrogen) atoms. The van der Waals surface area contributed by atoms with Crippen LogP contribution >= 0.6 is 0 Å². The molecule has 0 atom stereocenters. The van der Waals surface area contributed by atoms with Crippen LogP contribution in [0.4, 0.5) is 0 Å². The largest absolute Gasteiger partial charge is 0.348 e. The van der Waals surface area contributed by atoms with Crippen LogP contribution in [-0.4, -0.2) is 4.57 Å². The average molecular weight is 231 g/mol. The summed E-state index contributed by atoms with van der Waals surface area (Å²) in [6, 6.07) is 5.49. The molecule has 1 heteroatoms. The van der Waals surface area contributed by atoms with Crippen molar-refractivity contribution in [1.82, 2.24) is 4.57 Å². The quantitative estimate of drug-likeness (QED) is 0.672. The number of aromatic nitrogens is 1. The highest BCUT2D eigenvalue weighted by molar-refractivity contribution is 5.15. The van der Waals surface area contributed by atoms with Crippen molar-refractivity contribution in [2.75, 3.05) is 0 Å². The highest BCUT2D eigenvalue weighted by Crippen LogP contribution is 2.37. The summed E-state index contributed by atoms with van der Waals surface area (Å²) in [7, 11) is 0. The van der Waals surface area contributed by atoms with Crippen molar-refractivity contribution >= 4 is 0 Å². The van der Waals surface area contributed by atoms with E-state index < -0.39 is 0 Å². The highest BCUT2D eigenvalue weighted by atomic mass is 15.0. The molecule has 0 aromatic carbocycles. The Morgan fingerprint density at radius 1 is 0.824 bits per heavy atom. The van der Waals surface area contributed by atoms with Crippen molar-refractivity contribution in [2.45, 2.75) is 76.2 Å². The van der Waals surface area contributed by atoms with E-state index in [2.05, 4.69) is 22.9 Å². The van der Waals surface area contributed by atoms with E-state index >= 15 is 0 Å². The lowest BCUT2D eigenvalue weighted by Gasteiger charge is -2.29. The van der Waals surface area contributed by atoms with Crippen molar-refractivity contribution in [3.8, 4) is 0 Å². The molecule has 2 aliphatic rings. The molecule has 0 aliphatic heterocycles. The maximum Gasteiger partial charge on any atom is 0.0333 e. The molecule has 1 aromatic rings. The van der Waals surface area contributed by atoms with Gasteiger partial charge < -0.3 is 4.57 Å². The molecule has 0 saturated heterocycles. The third-order valence-electron chi connectivity index (χ3n) is 4.80. The van der Waals surface area contributed by atoms with Gasteiger partial charge in [-0.2, -0.15) is 0 Å². The van der Waals surface area contributed by atoms with Crippen LogP contribution in [0, 0.1) is 0 Å². The van der Waals surface area contributed by atoms with Gasteiger partial charge in [-0.15, -0.1) is 0 Å². The molecule has 1 nitrogen and oxygen atoms in total. The van der Waals surface area contributed by atoms with Gasteiger partial charge in [0, 0.05) is 17.9 Å². The normalized spacial score (nSPS) is 24.0. The predicted molar refractivity (Wildman–Crippen MR) is 72.4 cm³/mol. The average Bonchev–Trinajstić information content (AvgIpc) is 2.90. The van der Waals surface area contributed by atoms with E-state index in [9.17, 15) is 0 Å². The molecule has 1 heterocycles. The third-order valence-corrected chi connectivity index (χ3v) is 4.80. The summed E-state index contributed by atoms with van der Waals surface area (Å²) in [5.74, 6) is 0.862. The second-order valence-electron chi connectivity index (χ2n) is 5.97. The Labute approximate surface area is 105 Å². The first-order valence-corrected chi connectivity index (χ1v) is 7.62. The van der Waals surface area contributed by atoms with E-state index in [1.165, 1.54) is 64.2 Å². The lowest BCUT2D eigenvalue weighted by Crippen LogP contribution is -2.17. The van der Waals surface area contributed by atoms with E-state index in [0.29, 0.717) is 0 Å². The van der Waals surface area contributed by atoms with E-state index in [4.69, 9.17) is 0 Å². The SMILES string of the molecule is c1cc(C2CCCCC2)n(C2CCCCC2)c1. The number of nitrogens with zero attached hydrogens (tertiary/aromatic N) is 1. The zero-order valence-electron chi connectivity index (χ0n) is 10.9. The number of hydrogen-bond donors (Lipinski definition) is 0. The zero-order chi connectivity index (χ0) is 11.5. The molecule has 2 saturated carbocycles. The second-order valence-corrected chi connectivity index (χ2v) is 5.97.